The van der Waals surface area contributed by atoms with E-state index in [9.17, 15) is 4.79 Å². The van der Waals surface area contributed by atoms with Crippen molar-refractivity contribution in [3.05, 3.63) is 70.2 Å². The van der Waals surface area contributed by atoms with Gasteiger partial charge < -0.3 is 18.9 Å². The third-order valence-electron chi connectivity index (χ3n) is 3.89. The van der Waals surface area contributed by atoms with Gasteiger partial charge in [0.1, 0.15) is 18.1 Å². The van der Waals surface area contributed by atoms with Crippen LogP contribution in [0.25, 0.3) is 6.08 Å². The van der Waals surface area contributed by atoms with Crippen molar-refractivity contribution in [1.29, 1.82) is 0 Å². The van der Waals surface area contributed by atoms with E-state index in [1.807, 2.05) is 36.6 Å². The van der Waals surface area contributed by atoms with Gasteiger partial charge in [0.05, 0.1) is 10.7 Å². The quantitative estimate of drug-likeness (QED) is 0.351. The van der Waals surface area contributed by atoms with E-state index in [0.717, 1.165) is 16.3 Å². The molecule has 0 N–H and O–H groups in total. The van der Waals surface area contributed by atoms with Crippen molar-refractivity contribution in [3.8, 4) is 23.0 Å². The molecule has 0 bridgehead atoms. The van der Waals surface area contributed by atoms with Gasteiger partial charge in [-0.05, 0) is 42.8 Å². The van der Waals surface area contributed by atoms with Gasteiger partial charge in [-0.25, -0.2) is 9.78 Å². The Balaban J connectivity index is 1.35. The zero-order valence-electron chi connectivity index (χ0n) is 15.1. The molecule has 2 heterocycles. The van der Waals surface area contributed by atoms with Gasteiger partial charge in [0, 0.05) is 17.5 Å². The average molecular weight is 395 g/mol. The molecule has 0 spiro atoms. The topological polar surface area (TPSA) is 66.9 Å². The fourth-order valence-electron chi connectivity index (χ4n) is 2.59. The van der Waals surface area contributed by atoms with E-state index in [0.29, 0.717) is 29.6 Å². The standard InChI is InChI=1S/C21H17NO5S/c1-14-22-16(12-28-14)11-24-17-4-2-3-15(9-17)5-8-21(23)27-18-6-7-19-20(10-18)26-13-25-19/h2-10,12H,11,13H2,1H3/b8-5+. The van der Waals surface area contributed by atoms with Gasteiger partial charge in [0.2, 0.25) is 6.79 Å². The van der Waals surface area contributed by atoms with E-state index in [1.54, 1.807) is 35.6 Å². The Morgan fingerprint density at radius 1 is 1.18 bits per heavy atom. The summed E-state index contributed by atoms with van der Waals surface area (Å²) in [5.74, 6) is 1.82. The van der Waals surface area contributed by atoms with Crippen LogP contribution < -0.4 is 18.9 Å². The lowest BCUT2D eigenvalue weighted by molar-refractivity contribution is -0.128. The second-order valence-corrected chi connectivity index (χ2v) is 7.05. The summed E-state index contributed by atoms with van der Waals surface area (Å²) in [6, 6.07) is 12.5. The SMILES string of the molecule is Cc1nc(COc2cccc(/C=C/C(=O)Oc3ccc4c(c3)OCO4)c2)cs1. The lowest BCUT2D eigenvalue weighted by Crippen LogP contribution is -2.03. The lowest BCUT2D eigenvalue weighted by atomic mass is 10.2. The first-order valence-corrected chi connectivity index (χ1v) is 9.47. The molecule has 3 aromatic rings. The average Bonchev–Trinajstić information content (AvgIpc) is 3.33. The van der Waals surface area contributed by atoms with Crippen molar-refractivity contribution in [3.63, 3.8) is 0 Å². The summed E-state index contributed by atoms with van der Waals surface area (Å²) in [6.07, 6.45) is 3.04. The molecule has 0 saturated heterocycles. The number of ether oxygens (including phenoxy) is 4. The van der Waals surface area contributed by atoms with E-state index in [4.69, 9.17) is 18.9 Å². The molecule has 7 heteroatoms. The van der Waals surface area contributed by atoms with Crippen molar-refractivity contribution in [2.24, 2.45) is 0 Å². The Kier molecular flexibility index (Phi) is 5.25. The van der Waals surface area contributed by atoms with Crippen LogP contribution in [0.1, 0.15) is 16.3 Å². The summed E-state index contributed by atoms with van der Waals surface area (Å²) in [4.78, 5) is 16.4. The number of esters is 1. The number of hydrogen-bond donors (Lipinski definition) is 0. The third kappa shape index (κ3) is 4.50. The second kappa shape index (κ2) is 8.14. The Morgan fingerprint density at radius 2 is 2.07 bits per heavy atom. The highest BCUT2D eigenvalue weighted by atomic mass is 32.1. The molecule has 0 atom stereocenters. The summed E-state index contributed by atoms with van der Waals surface area (Å²) in [6.45, 7) is 2.54. The van der Waals surface area contributed by atoms with E-state index < -0.39 is 5.97 Å². The number of hydrogen-bond acceptors (Lipinski definition) is 7. The molecule has 0 amide bonds. The number of aromatic nitrogens is 1. The Bertz CT molecular complexity index is 1030. The van der Waals surface area contributed by atoms with Gasteiger partial charge in [-0.1, -0.05) is 12.1 Å². The normalized spacial score (nSPS) is 12.3. The van der Waals surface area contributed by atoms with Crippen LogP contribution >= 0.6 is 11.3 Å². The zero-order valence-corrected chi connectivity index (χ0v) is 15.9. The molecule has 2 aromatic carbocycles. The van der Waals surface area contributed by atoms with Crippen LogP contribution in [-0.2, 0) is 11.4 Å². The highest BCUT2D eigenvalue weighted by Gasteiger charge is 2.14. The van der Waals surface area contributed by atoms with Crippen LogP contribution in [0.2, 0.25) is 0 Å². The highest BCUT2D eigenvalue weighted by molar-refractivity contribution is 7.09. The summed E-state index contributed by atoms with van der Waals surface area (Å²) in [7, 11) is 0. The van der Waals surface area contributed by atoms with Gasteiger partial charge in [-0.3, -0.25) is 0 Å². The number of thiazole rings is 1. The van der Waals surface area contributed by atoms with Gasteiger partial charge in [0.15, 0.2) is 11.5 Å². The van der Waals surface area contributed by atoms with Gasteiger partial charge in [-0.2, -0.15) is 0 Å². The lowest BCUT2D eigenvalue weighted by Gasteiger charge is -2.05. The largest absolute Gasteiger partial charge is 0.487 e. The fourth-order valence-corrected chi connectivity index (χ4v) is 3.19. The van der Waals surface area contributed by atoms with Gasteiger partial charge in [-0.15, -0.1) is 11.3 Å². The van der Waals surface area contributed by atoms with Crippen LogP contribution in [0, 0.1) is 6.92 Å². The molecule has 6 nitrogen and oxygen atoms in total. The molecule has 0 unspecified atom stereocenters. The van der Waals surface area contributed by atoms with Crippen LogP contribution in [0.15, 0.2) is 53.9 Å². The molecule has 4 rings (SSSR count). The van der Waals surface area contributed by atoms with Crippen molar-refractivity contribution in [2.45, 2.75) is 13.5 Å². The minimum absolute atomic E-state index is 0.174. The molecule has 1 aliphatic heterocycles. The number of rotatable bonds is 6. The first-order valence-electron chi connectivity index (χ1n) is 8.59. The first-order chi connectivity index (χ1) is 13.7. The maximum Gasteiger partial charge on any atom is 0.336 e. The van der Waals surface area contributed by atoms with Crippen molar-refractivity contribution < 1.29 is 23.7 Å². The van der Waals surface area contributed by atoms with Gasteiger partial charge >= 0.3 is 5.97 Å². The summed E-state index contributed by atoms with van der Waals surface area (Å²) in [5, 5.41) is 2.99. The molecule has 0 fully saturated rings. The monoisotopic (exact) mass is 395 g/mol. The predicted molar refractivity (Wildman–Crippen MR) is 105 cm³/mol. The maximum atomic E-state index is 12.1. The molecule has 0 aliphatic carbocycles. The number of aryl methyl sites for hydroxylation is 1. The molecular formula is C21H17NO5S. The number of nitrogens with zero attached hydrogens (tertiary/aromatic N) is 1. The van der Waals surface area contributed by atoms with Crippen molar-refractivity contribution in [1.82, 2.24) is 4.98 Å². The number of carbonyl (C=O) groups excluding carboxylic acids is 1. The fraction of sp³-hybridized carbons (Fsp3) is 0.143. The molecular weight excluding hydrogens is 378 g/mol. The number of carbonyl (C=O) groups is 1. The summed E-state index contributed by atoms with van der Waals surface area (Å²) in [5.41, 5.74) is 1.73. The van der Waals surface area contributed by atoms with Crippen molar-refractivity contribution >= 4 is 23.4 Å². The molecule has 28 heavy (non-hydrogen) atoms. The molecule has 0 radical (unpaired) electrons. The Morgan fingerprint density at radius 3 is 2.93 bits per heavy atom. The summed E-state index contributed by atoms with van der Waals surface area (Å²) < 4.78 is 21.6. The van der Waals surface area contributed by atoms with Crippen LogP contribution in [0.3, 0.4) is 0 Å². The van der Waals surface area contributed by atoms with Crippen molar-refractivity contribution in [2.75, 3.05) is 6.79 Å². The van der Waals surface area contributed by atoms with Gasteiger partial charge in [0.25, 0.3) is 0 Å². The van der Waals surface area contributed by atoms with E-state index in [1.165, 1.54) is 6.08 Å². The number of fused-ring (bicyclic) bond motifs is 1. The maximum absolute atomic E-state index is 12.1. The first kappa shape index (κ1) is 18.1. The predicted octanol–water partition coefficient (Wildman–Crippen LogP) is 4.38. The number of benzene rings is 2. The van der Waals surface area contributed by atoms with Crippen LogP contribution in [-0.4, -0.2) is 17.7 Å². The molecule has 1 aromatic heterocycles. The smallest absolute Gasteiger partial charge is 0.336 e. The minimum atomic E-state index is -0.483. The molecule has 142 valence electrons. The summed E-state index contributed by atoms with van der Waals surface area (Å²) >= 11 is 1.59. The van der Waals surface area contributed by atoms with E-state index in [-0.39, 0.29) is 6.79 Å². The third-order valence-corrected chi connectivity index (χ3v) is 4.71. The minimum Gasteiger partial charge on any atom is -0.487 e. The Labute approximate surface area is 166 Å². The van der Waals surface area contributed by atoms with Crippen LogP contribution in [0.4, 0.5) is 0 Å². The van der Waals surface area contributed by atoms with E-state index >= 15 is 0 Å². The molecule has 1 aliphatic rings. The van der Waals surface area contributed by atoms with E-state index in [2.05, 4.69) is 4.98 Å². The second-order valence-electron chi connectivity index (χ2n) is 5.99. The highest BCUT2D eigenvalue weighted by Crippen LogP contribution is 2.35. The molecule has 0 saturated carbocycles. The Hall–Kier alpha value is -3.32. The zero-order chi connectivity index (χ0) is 19.3. The van der Waals surface area contributed by atoms with Crippen LogP contribution in [0.5, 0.6) is 23.0 Å².